The Morgan fingerprint density at radius 2 is 2.28 bits per heavy atom. The molecular weight excluding hydrogens is 235 g/mol. The Morgan fingerprint density at radius 1 is 1.56 bits per heavy atom. The second-order valence-corrected chi connectivity index (χ2v) is 3.61. The van der Waals surface area contributed by atoms with Gasteiger partial charge in [-0.05, 0) is 19.9 Å². The third kappa shape index (κ3) is 4.12. The first kappa shape index (κ1) is 14.1. The maximum atomic E-state index is 11.8. The topological polar surface area (TPSA) is 52.3 Å². The minimum absolute atomic E-state index is 0.0193. The molecule has 0 aliphatic carbocycles. The molecule has 1 heterocycles. The molecule has 5 nitrogen and oxygen atoms in total. The Hall–Kier alpha value is -1.98. The van der Waals surface area contributed by atoms with Crippen molar-refractivity contribution in [3.63, 3.8) is 0 Å². The van der Waals surface area contributed by atoms with Crippen LogP contribution in [0.3, 0.4) is 0 Å². The van der Waals surface area contributed by atoms with E-state index in [0.717, 1.165) is 5.82 Å². The average molecular weight is 252 g/mol. The van der Waals surface area contributed by atoms with Crippen molar-refractivity contribution < 1.29 is 9.13 Å². The van der Waals surface area contributed by atoms with E-state index in [4.69, 9.17) is 4.74 Å². The van der Waals surface area contributed by atoms with Crippen molar-refractivity contribution in [3.05, 3.63) is 30.5 Å². The van der Waals surface area contributed by atoms with Crippen LogP contribution in [0.15, 0.2) is 23.8 Å². The van der Waals surface area contributed by atoms with Crippen LogP contribution in [-0.4, -0.2) is 33.9 Å². The molecule has 0 saturated heterocycles. The molecule has 1 aromatic rings. The predicted molar refractivity (Wildman–Crippen MR) is 69.0 cm³/mol. The van der Waals surface area contributed by atoms with E-state index in [0.29, 0.717) is 17.4 Å². The number of ether oxygens (including phenoxy) is 1. The van der Waals surface area contributed by atoms with Gasteiger partial charge in [0.25, 0.3) is 0 Å². The van der Waals surface area contributed by atoms with Gasteiger partial charge < -0.3 is 4.74 Å². The normalized spacial score (nSPS) is 12.1. The molecule has 0 N–H and O–H groups in total. The van der Waals surface area contributed by atoms with Crippen LogP contribution >= 0.6 is 0 Å². The van der Waals surface area contributed by atoms with Gasteiger partial charge in [-0.1, -0.05) is 6.58 Å². The van der Waals surface area contributed by atoms with Crippen LogP contribution in [0.2, 0.25) is 0 Å². The van der Waals surface area contributed by atoms with E-state index in [-0.39, 0.29) is 6.61 Å². The number of aromatic nitrogens is 3. The molecule has 0 aliphatic rings. The number of aliphatic imine (C=N–C) groups is 1. The van der Waals surface area contributed by atoms with Crippen LogP contribution in [0.5, 0.6) is 0 Å². The molecule has 0 spiro atoms. The van der Waals surface area contributed by atoms with E-state index in [1.165, 1.54) is 6.20 Å². The number of nitrogens with zero attached hydrogens (tertiary/aromatic N) is 4. The SMILES string of the molecule is C=C(/C=C\N=C(/C)OCCF)n1nc(C)nc1C. The van der Waals surface area contributed by atoms with Gasteiger partial charge in [-0.2, -0.15) is 5.10 Å². The van der Waals surface area contributed by atoms with Crippen LogP contribution in [0.4, 0.5) is 4.39 Å². The molecule has 0 amide bonds. The van der Waals surface area contributed by atoms with Gasteiger partial charge in [0, 0.05) is 13.1 Å². The fraction of sp³-hybridized carbons (Fsp3) is 0.417. The van der Waals surface area contributed by atoms with Crippen molar-refractivity contribution in [2.75, 3.05) is 13.3 Å². The summed E-state index contributed by atoms with van der Waals surface area (Å²) in [5.74, 6) is 1.85. The number of alkyl halides is 1. The highest BCUT2D eigenvalue weighted by molar-refractivity contribution is 5.74. The van der Waals surface area contributed by atoms with Crippen LogP contribution < -0.4 is 0 Å². The Morgan fingerprint density at radius 3 is 2.83 bits per heavy atom. The first-order valence-electron chi connectivity index (χ1n) is 5.54. The van der Waals surface area contributed by atoms with Gasteiger partial charge in [0.1, 0.15) is 24.9 Å². The summed E-state index contributed by atoms with van der Waals surface area (Å²) in [6, 6.07) is 0. The first-order valence-corrected chi connectivity index (χ1v) is 5.54. The summed E-state index contributed by atoms with van der Waals surface area (Å²) in [6.45, 7) is 8.67. The molecule has 1 rings (SSSR count). The standard InChI is InChI=1S/C12H17FN4O/c1-9(17-11(3)15-10(2)16-17)5-7-14-12(4)18-8-6-13/h5,7H,1,6,8H2,2-4H3/b7-5-,14-12+. The summed E-state index contributed by atoms with van der Waals surface area (Å²) in [4.78, 5) is 8.16. The summed E-state index contributed by atoms with van der Waals surface area (Å²) in [6.07, 6.45) is 3.22. The highest BCUT2D eigenvalue weighted by Gasteiger charge is 2.02. The first-order chi connectivity index (χ1) is 8.54. The molecule has 0 saturated carbocycles. The Kier molecular flexibility index (Phi) is 5.23. The van der Waals surface area contributed by atoms with E-state index in [9.17, 15) is 4.39 Å². The van der Waals surface area contributed by atoms with E-state index in [2.05, 4.69) is 21.7 Å². The van der Waals surface area contributed by atoms with E-state index < -0.39 is 6.67 Å². The molecule has 0 atom stereocenters. The Labute approximate surface area is 106 Å². The molecule has 1 aromatic heterocycles. The molecule has 0 bridgehead atoms. The van der Waals surface area contributed by atoms with Crippen LogP contribution in [0, 0.1) is 13.8 Å². The largest absolute Gasteiger partial charge is 0.478 e. The lowest BCUT2D eigenvalue weighted by atomic mass is 10.4. The van der Waals surface area contributed by atoms with Gasteiger partial charge in [-0.15, -0.1) is 0 Å². The van der Waals surface area contributed by atoms with Gasteiger partial charge >= 0.3 is 0 Å². The van der Waals surface area contributed by atoms with Gasteiger partial charge in [0.15, 0.2) is 5.90 Å². The summed E-state index contributed by atoms with van der Waals surface area (Å²) in [5.41, 5.74) is 0.648. The molecule has 18 heavy (non-hydrogen) atoms. The third-order valence-corrected chi connectivity index (χ3v) is 2.06. The minimum Gasteiger partial charge on any atom is -0.478 e. The summed E-state index contributed by atoms with van der Waals surface area (Å²) < 4.78 is 18.4. The van der Waals surface area contributed by atoms with Crippen LogP contribution in [-0.2, 0) is 4.74 Å². The highest BCUT2D eigenvalue weighted by Crippen LogP contribution is 2.06. The van der Waals surface area contributed by atoms with Crippen molar-refractivity contribution in [1.82, 2.24) is 14.8 Å². The highest BCUT2D eigenvalue weighted by atomic mass is 19.1. The molecule has 6 heteroatoms. The zero-order valence-corrected chi connectivity index (χ0v) is 10.9. The third-order valence-electron chi connectivity index (χ3n) is 2.06. The number of rotatable bonds is 5. The average Bonchev–Trinajstić information content (AvgIpc) is 2.65. The quantitative estimate of drug-likeness (QED) is 0.459. The van der Waals surface area contributed by atoms with Crippen molar-refractivity contribution in [2.24, 2.45) is 4.99 Å². The van der Waals surface area contributed by atoms with Crippen molar-refractivity contribution in [2.45, 2.75) is 20.8 Å². The fourth-order valence-electron chi connectivity index (χ4n) is 1.32. The molecule has 0 radical (unpaired) electrons. The summed E-state index contributed by atoms with van der Waals surface area (Å²) in [5, 5.41) is 4.18. The van der Waals surface area contributed by atoms with Gasteiger partial charge in [-0.3, -0.25) is 0 Å². The van der Waals surface area contributed by atoms with Crippen LogP contribution in [0.25, 0.3) is 5.70 Å². The number of aryl methyl sites for hydroxylation is 2. The Bertz CT molecular complexity index is 476. The fourth-order valence-corrected chi connectivity index (χ4v) is 1.32. The lowest BCUT2D eigenvalue weighted by molar-refractivity contribution is 0.260. The zero-order valence-electron chi connectivity index (χ0n) is 10.9. The predicted octanol–water partition coefficient (Wildman–Crippen LogP) is 2.28. The maximum Gasteiger partial charge on any atom is 0.184 e. The number of hydrogen-bond acceptors (Lipinski definition) is 4. The molecule has 0 aliphatic heterocycles. The van der Waals surface area contributed by atoms with Gasteiger partial charge in [-0.25, -0.2) is 19.0 Å². The monoisotopic (exact) mass is 252 g/mol. The number of allylic oxidation sites excluding steroid dienone is 2. The number of hydrogen-bond donors (Lipinski definition) is 0. The van der Waals surface area contributed by atoms with Gasteiger partial charge in [0.05, 0.1) is 5.70 Å². The van der Waals surface area contributed by atoms with Crippen LogP contribution in [0.1, 0.15) is 18.6 Å². The van der Waals surface area contributed by atoms with Crippen molar-refractivity contribution in [1.29, 1.82) is 0 Å². The van der Waals surface area contributed by atoms with E-state index in [1.54, 1.807) is 17.7 Å². The summed E-state index contributed by atoms with van der Waals surface area (Å²) >= 11 is 0. The lowest BCUT2D eigenvalue weighted by Gasteiger charge is -2.01. The van der Waals surface area contributed by atoms with Crippen molar-refractivity contribution >= 4 is 11.6 Å². The second kappa shape index (κ2) is 6.68. The molecule has 0 fully saturated rings. The molecule has 98 valence electrons. The molecule has 0 aromatic carbocycles. The minimum atomic E-state index is -0.527. The zero-order chi connectivity index (χ0) is 13.5. The van der Waals surface area contributed by atoms with E-state index >= 15 is 0 Å². The maximum absolute atomic E-state index is 11.8. The molecular formula is C12H17FN4O. The second-order valence-electron chi connectivity index (χ2n) is 3.61. The Balaban J connectivity index is 2.62. The summed E-state index contributed by atoms with van der Waals surface area (Å²) in [7, 11) is 0. The van der Waals surface area contributed by atoms with Crippen molar-refractivity contribution in [3.8, 4) is 0 Å². The lowest BCUT2D eigenvalue weighted by Crippen LogP contribution is -2.02. The molecule has 0 unspecified atom stereocenters. The van der Waals surface area contributed by atoms with E-state index in [1.807, 2.05) is 13.8 Å². The number of halogens is 1. The smallest absolute Gasteiger partial charge is 0.184 e. The van der Waals surface area contributed by atoms with Gasteiger partial charge in [0.2, 0.25) is 0 Å².